The maximum Gasteiger partial charge on any atom is 0.330 e. The second-order valence-electron chi connectivity index (χ2n) is 3.10. The average molecular weight is 206 g/mol. The second-order valence-corrected chi connectivity index (χ2v) is 3.10. The number of nitrogens with one attached hydrogen (secondary N) is 1. The molecule has 0 saturated carbocycles. The van der Waals surface area contributed by atoms with Gasteiger partial charge in [0, 0.05) is 12.6 Å². The zero-order valence-corrected chi connectivity index (χ0v) is 8.82. The Morgan fingerprint density at radius 1 is 1.69 bits per heavy atom. The van der Waals surface area contributed by atoms with Crippen LogP contribution >= 0.6 is 12.4 Å². The van der Waals surface area contributed by atoms with Gasteiger partial charge in [-0.15, -0.1) is 12.4 Å². The molecule has 1 saturated heterocycles. The molecule has 1 rings (SSSR count). The summed E-state index contributed by atoms with van der Waals surface area (Å²) >= 11 is 0. The highest BCUT2D eigenvalue weighted by atomic mass is 35.5. The largest absolute Gasteiger partial charge is 0.466 e. The standard InChI is InChI=1S/C9H15NO2.ClH/c1-7-6-10-4-3-8(7)5-9(11)12-2;/h5,7,10H,3-4,6H2,1-2H3;1H/b8-5+;. The Balaban J connectivity index is 0.00000144. The highest BCUT2D eigenvalue weighted by Gasteiger charge is 2.14. The van der Waals surface area contributed by atoms with E-state index in [1.807, 2.05) is 0 Å². The Labute approximate surface area is 84.9 Å². The molecule has 0 aromatic heterocycles. The summed E-state index contributed by atoms with van der Waals surface area (Å²) in [5, 5.41) is 3.26. The molecule has 1 atom stereocenters. The number of piperidine rings is 1. The van der Waals surface area contributed by atoms with Crippen molar-refractivity contribution in [3.05, 3.63) is 11.6 Å². The predicted molar refractivity (Wildman–Crippen MR) is 54.0 cm³/mol. The van der Waals surface area contributed by atoms with Crippen LogP contribution in [0.2, 0.25) is 0 Å². The first-order valence-electron chi connectivity index (χ1n) is 4.23. The third kappa shape index (κ3) is 3.79. The van der Waals surface area contributed by atoms with Gasteiger partial charge in [0.1, 0.15) is 0 Å². The summed E-state index contributed by atoms with van der Waals surface area (Å²) in [4.78, 5) is 10.9. The smallest absolute Gasteiger partial charge is 0.330 e. The summed E-state index contributed by atoms with van der Waals surface area (Å²) in [7, 11) is 1.41. The van der Waals surface area contributed by atoms with Gasteiger partial charge in [-0.05, 0) is 18.9 Å². The minimum atomic E-state index is -0.237. The van der Waals surface area contributed by atoms with E-state index in [4.69, 9.17) is 0 Å². The minimum Gasteiger partial charge on any atom is -0.466 e. The van der Waals surface area contributed by atoms with Gasteiger partial charge >= 0.3 is 5.97 Å². The monoisotopic (exact) mass is 205 g/mol. The lowest BCUT2D eigenvalue weighted by molar-refractivity contribution is -0.134. The number of halogens is 1. The molecule has 0 radical (unpaired) electrons. The van der Waals surface area contributed by atoms with Gasteiger partial charge in [0.15, 0.2) is 0 Å². The zero-order chi connectivity index (χ0) is 8.97. The van der Waals surface area contributed by atoms with E-state index in [1.165, 1.54) is 12.7 Å². The SMILES string of the molecule is COC(=O)/C=C1\CCNCC1C.Cl. The summed E-state index contributed by atoms with van der Waals surface area (Å²) < 4.78 is 4.57. The molecule has 0 spiro atoms. The third-order valence-corrected chi connectivity index (χ3v) is 2.18. The molecule has 1 N–H and O–H groups in total. The molecule has 13 heavy (non-hydrogen) atoms. The van der Waals surface area contributed by atoms with Crippen molar-refractivity contribution in [1.29, 1.82) is 0 Å². The van der Waals surface area contributed by atoms with E-state index < -0.39 is 0 Å². The lowest BCUT2D eigenvalue weighted by Gasteiger charge is -2.22. The van der Waals surface area contributed by atoms with Gasteiger partial charge in [-0.3, -0.25) is 0 Å². The fourth-order valence-corrected chi connectivity index (χ4v) is 1.35. The number of rotatable bonds is 1. The van der Waals surface area contributed by atoms with Crippen LogP contribution < -0.4 is 5.32 Å². The molecular weight excluding hydrogens is 190 g/mol. The van der Waals surface area contributed by atoms with Gasteiger partial charge in [0.25, 0.3) is 0 Å². The van der Waals surface area contributed by atoms with E-state index in [2.05, 4.69) is 17.0 Å². The fourth-order valence-electron chi connectivity index (χ4n) is 1.35. The maximum absolute atomic E-state index is 10.9. The molecule has 1 aliphatic heterocycles. The molecule has 0 bridgehead atoms. The summed E-state index contributed by atoms with van der Waals surface area (Å²) in [5.41, 5.74) is 1.20. The van der Waals surface area contributed by atoms with Gasteiger partial charge in [-0.2, -0.15) is 0 Å². The van der Waals surface area contributed by atoms with Crippen molar-refractivity contribution in [2.75, 3.05) is 20.2 Å². The number of carbonyl (C=O) groups excluding carboxylic acids is 1. The number of hydrogen-bond acceptors (Lipinski definition) is 3. The van der Waals surface area contributed by atoms with Crippen molar-refractivity contribution in [3.8, 4) is 0 Å². The van der Waals surface area contributed by atoms with E-state index in [-0.39, 0.29) is 18.4 Å². The fraction of sp³-hybridized carbons (Fsp3) is 0.667. The predicted octanol–water partition coefficient (Wildman–Crippen LogP) is 1.14. The van der Waals surface area contributed by atoms with Gasteiger partial charge < -0.3 is 10.1 Å². The van der Waals surface area contributed by atoms with Gasteiger partial charge in [0.2, 0.25) is 0 Å². The summed E-state index contributed by atoms with van der Waals surface area (Å²) in [6.45, 7) is 4.04. The van der Waals surface area contributed by atoms with Crippen molar-refractivity contribution in [2.45, 2.75) is 13.3 Å². The van der Waals surface area contributed by atoms with E-state index in [1.54, 1.807) is 6.08 Å². The van der Waals surface area contributed by atoms with Gasteiger partial charge in [0.05, 0.1) is 7.11 Å². The Hall–Kier alpha value is -0.540. The van der Waals surface area contributed by atoms with Crippen LogP contribution in [0.5, 0.6) is 0 Å². The van der Waals surface area contributed by atoms with Crippen molar-refractivity contribution < 1.29 is 9.53 Å². The van der Waals surface area contributed by atoms with Crippen molar-refractivity contribution in [1.82, 2.24) is 5.32 Å². The molecule has 0 aliphatic carbocycles. The highest BCUT2D eigenvalue weighted by molar-refractivity contribution is 5.85. The Kier molecular flexibility index (Phi) is 5.75. The van der Waals surface area contributed by atoms with E-state index in [9.17, 15) is 4.79 Å². The van der Waals surface area contributed by atoms with Gasteiger partial charge in [-0.25, -0.2) is 4.79 Å². The normalized spacial score (nSPS) is 25.1. The molecule has 76 valence electrons. The number of carbonyl (C=O) groups is 1. The van der Waals surface area contributed by atoms with Crippen LogP contribution in [0.15, 0.2) is 11.6 Å². The second kappa shape index (κ2) is 6.00. The van der Waals surface area contributed by atoms with Crippen molar-refractivity contribution in [2.24, 2.45) is 5.92 Å². The van der Waals surface area contributed by atoms with Crippen LogP contribution in [-0.2, 0) is 9.53 Å². The molecule has 1 heterocycles. The summed E-state index contributed by atoms with van der Waals surface area (Å²) in [6.07, 6.45) is 2.57. The first kappa shape index (κ1) is 12.5. The topological polar surface area (TPSA) is 38.3 Å². The number of esters is 1. The van der Waals surface area contributed by atoms with Crippen LogP contribution in [0.1, 0.15) is 13.3 Å². The summed E-state index contributed by atoms with van der Waals surface area (Å²) in [6, 6.07) is 0. The molecule has 0 aromatic rings. The number of methoxy groups -OCH3 is 1. The van der Waals surface area contributed by atoms with Gasteiger partial charge in [-0.1, -0.05) is 12.5 Å². The number of ether oxygens (including phenoxy) is 1. The minimum absolute atomic E-state index is 0. The third-order valence-electron chi connectivity index (χ3n) is 2.18. The van der Waals surface area contributed by atoms with Crippen molar-refractivity contribution in [3.63, 3.8) is 0 Å². The van der Waals surface area contributed by atoms with Crippen LogP contribution in [0.25, 0.3) is 0 Å². The van der Waals surface area contributed by atoms with Crippen molar-refractivity contribution >= 4 is 18.4 Å². The average Bonchev–Trinajstić information content (AvgIpc) is 2.09. The zero-order valence-electron chi connectivity index (χ0n) is 8.00. The van der Waals surface area contributed by atoms with Crippen LogP contribution in [0, 0.1) is 5.92 Å². The quantitative estimate of drug-likeness (QED) is 0.516. The Morgan fingerprint density at radius 3 is 2.92 bits per heavy atom. The van der Waals surface area contributed by atoms with E-state index >= 15 is 0 Å². The summed E-state index contributed by atoms with van der Waals surface area (Å²) in [5.74, 6) is 0.219. The molecule has 1 fully saturated rings. The van der Waals surface area contributed by atoms with Crippen LogP contribution in [0.3, 0.4) is 0 Å². The maximum atomic E-state index is 10.9. The van der Waals surface area contributed by atoms with Crippen LogP contribution in [0.4, 0.5) is 0 Å². The highest BCUT2D eigenvalue weighted by Crippen LogP contribution is 2.16. The van der Waals surface area contributed by atoms with Crippen LogP contribution in [-0.4, -0.2) is 26.2 Å². The Bertz CT molecular complexity index is 204. The lowest BCUT2D eigenvalue weighted by atomic mass is 9.94. The molecule has 1 aliphatic rings. The first-order valence-corrected chi connectivity index (χ1v) is 4.23. The van der Waals surface area contributed by atoms with E-state index in [0.29, 0.717) is 5.92 Å². The molecule has 4 heteroatoms. The molecule has 0 aromatic carbocycles. The molecule has 0 amide bonds. The molecule has 1 unspecified atom stereocenters. The Morgan fingerprint density at radius 2 is 2.38 bits per heavy atom. The number of hydrogen-bond donors (Lipinski definition) is 1. The molecule has 3 nitrogen and oxygen atoms in total. The molecular formula is C9H16ClNO2. The van der Waals surface area contributed by atoms with E-state index in [0.717, 1.165) is 19.5 Å². The first-order chi connectivity index (χ1) is 5.74. The lowest BCUT2D eigenvalue weighted by Crippen LogP contribution is -2.30.